The number of carbonyl (C=O) groups is 1. The topological polar surface area (TPSA) is 110 Å². The van der Waals surface area contributed by atoms with E-state index in [1.165, 1.54) is 40.7 Å². The summed E-state index contributed by atoms with van der Waals surface area (Å²) in [5.41, 5.74) is 0.0494. The van der Waals surface area contributed by atoms with Crippen LogP contribution in [-0.2, 0) is 10.0 Å². The van der Waals surface area contributed by atoms with Crippen molar-refractivity contribution in [2.24, 2.45) is 0 Å². The Morgan fingerprint density at radius 1 is 1.06 bits per heavy atom. The first-order chi connectivity index (χ1) is 14.7. The highest BCUT2D eigenvalue weighted by Crippen LogP contribution is 2.24. The number of nitrogens with zero attached hydrogens (tertiary/aromatic N) is 2. The zero-order valence-electron chi connectivity index (χ0n) is 17.5. The molecule has 0 aromatic heterocycles. The number of carbonyl (C=O) groups excluding carboxylic acids is 1. The average Bonchev–Trinajstić information content (AvgIpc) is 2.74. The molecule has 0 saturated heterocycles. The van der Waals surface area contributed by atoms with Gasteiger partial charge < -0.3 is 5.32 Å². The second-order valence-electron chi connectivity index (χ2n) is 7.01. The van der Waals surface area contributed by atoms with Crippen LogP contribution in [0.1, 0.15) is 49.9 Å². The number of rotatable bonds is 11. The molecule has 31 heavy (non-hydrogen) atoms. The van der Waals surface area contributed by atoms with Crippen LogP contribution in [0.3, 0.4) is 0 Å². The standard InChI is InChI=1S/C21H26ClN3O5S/c1-3-5-13-24(14-6-4-2)31(29,30)18-10-7-16(8-11-18)23-21(26)19-15-17(25(27)28)9-12-20(19)22/h7-12,15H,3-6,13-14H2,1-2H3,(H,23,26). The van der Waals surface area contributed by atoms with E-state index in [1.807, 2.05) is 13.8 Å². The van der Waals surface area contributed by atoms with Crippen molar-refractivity contribution in [1.82, 2.24) is 4.31 Å². The quantitative estimate of drug-likeness (QED) is 0.365. The molecule has 168 valence electrons. The third-order valence-electron chi connectivity index (χ3n) is 4.68. The Kier molecular flexibility index (Phi) is 8.97. The predicted molar refractivity (Wildman–Crippen MR) is 121 cm³/mol. The molecule has 8 nitrogen and oxygen atoms in total. The highest BCUT2D eigenvalue weighted by molar-refractivity contribution is 7.89. The van der Waals surface area contributed by atoms with Crippen molar-refractivity contribution in [2.45, 2.75) is 44.4 Å². The van der Waals surface area contributed by atoms with Crippen LogP contribution in [0.25, 0.3) is 0 Å². The molecule has 0 aliphatic heterocycles. The summed E-state index contributed by atoms with van der Waals surface area (Å²) in [4.78, 5) is 23.0. The highest BCUT2D eigenvalue weighted by Gasteiger charge is 2.23. The van der Waals surface area contributed by atoms with Crippen LogP contribution in [0.4, 0.5) is 11.4 Å². The molecule has 0 heterocycles. The smallest absolute Gasteiger partial charge is 0.270 e. The lowest BCUT2D eigenvalue weighted by Gasteiger charge is -2.22. The minimum Gasteiger partial charge on any atom is -0.322 e. The van der Waals surface area contributed by atoms with Crippen LogP contribution < -0.4 is 5.32 Å². The van der Waals surface area contributed by atoms with Gasteiger partial charge in [0.05, 0.1) is 20.4 Å². The molecule has 0 radical (unpaired) electrons. The largest absolute Gasteiger partial charge is 0.322 e. The average molecular weight is 468 g/mol. The van der Waals surface area contributed by atoms with E-state index in [1.54, 1.807) is 0 Å². The number of hydrogen-bond donors (Lipinski definition) is 1. The summed E-state index contributed by atoms with van der Waals surface area (Å²) in [6.45, 7) is 4.94. The number of hydrogen-bond acceptors (Lipinski definition) is 5. The Labute approximate surface area is 187 Å². The third-order valence-corrected chi connectivity index (χ3v) is 6.92. The fourth-order valence-corrected chi connectivity index (χ4v) is 4.60. The molecule has 2 rings (SSSR count). The molecule has 2 aromatic rings. The Morgan fingerprint density at radius 3 is 2.16 bits per heavy atom. The van der Waals surface area contributed by atoms with E-state index in [4.69, 9.17) is 11.6 Å². The molecule has 0 bridgehead atoms. The van der Waals surface area contributed by atoms with Crippen molar-refractivity contribution in [1.29, 1.82) is 0 Å². The molecule has 10 heteroatoms. The summed E-state index contributed by atoms with van der Waals surface area (Å²) >= 11 is 6.00. The number of nitrogens with one attached hydrogen (secondary N) is 1. The Hall–Kier alpha value is -2.49. The van der Waals surface area contributed by atoms with Gasteiger partial charge in [0.15, 0.2) is 0 Å². The number of nitro benzene ring substituents is 1. The van der Waals surface area contributed by atoms with Crippen molar-refractivity contribution < 1.29 is 18.1 Å². The molecule has 0 aliphatic rings. The zero-order valence-corrected chi connectivity index (χ0v) is 19.1. The van der Waals surface area contributed by atoms with Gasteiger partial charge in [-0.1, -0.05) is 38.3 Å². The van der Waals surface area contributed by atoms with Gasteiger partial charge in [0.2, 0.25) is 10.0 Å². The maximum atomic E-state index is 13.0. The molecular weight excluding hydrogens is 442 g/mol. The number of sulfonamides is 1. The highest BCUT2D eigenvalue weighted by atomic mass is 35.5. The number of nitro groups is 1. The fourth-order valence-electron chi connectivity index (χ4n) is 2.88. The SMILES string of the molecule is CCCCN(CCCC)S(=O)(=O)c1ccc(NC(=O)c2cc([N+](=O)[O-])ccc2Cl)cc1. The third kappa shape index (κ3) is 6.49. The minimum atomic E-state index is -3.64. The Balaban J connectivity index is 2.20. The number of anilines is 1. The lowest BCUT2D eigenvalue weighted by Crippen LogP contribution is -2.33. The van der Waals surface area contributed by atoms with E-state index in [2.05, 4.69) is 5.32 Å². The number of benzene rings is 2. The molecule has 0 fully saturated rings. The summed E-state index contributed by atoms with van der Waals surface area (Å²) in [5.74, 6) is -0.628. The van der Waals surface area contributed by atoms with Crippen LogP contribution >= 0.6 is 11.6 Å². The van der Waals surface area contributed by atoms with Crippen LogP contribution in [0.5, 0.6) is 0 Å². The van der Waals surface area contributed by atoms with Gasteiger partial charge in [0.1, 0.15) is 0 Å². The van der Waals surface area contributed by atoms with Crippen LogP contribution in [0.2, 0.25) is 5.02 Å². The molecule has 0 unspecified atom stereocenters. The molecule has 1 N–H and O–H groups in total. The summed E-state index contributed by atoms with van der Waals surface area (Å²) in [6.07, 6.45) is 3.34. The molecule has 2 aromatic carbocycles. The molecular formula is C21H26ClN3O5S. The molecule has 0 aliphatic carbocycles. The fraction of sp³-hybridized carbons (Fsp3) is 0.381. The first-order valence-corrected chi connectivity index (χ1v) is 11.9. The van der Waals surface area contributed by atoms with E-state index in [0.29, 0.717) is 18.8 Å². The van der Waals surface area contributed by atoms with Gasteiger partial charge in [-0.3, -0.25) is 14.9 Å². The Morgan fingerprint density at radius 2 is 1.65 bits per heavy atom. The van der Waals surface area contributed by atoms with Gasteiger partial charge in [0, 0.05) is 30.9 Å². The maximum Gasteiger partial charge on any atom is 0.270 e. The Bertz CT molecular complexity index is 1020. The number of amides is 1. The van der Waals surface area contributed by atoms with Crippen molar-refractivity contribution >= 4 is 38.9 Å². The van der Waals surface area contributed by atoms with Crippen LogP contribution in [0, 0.1) is 10.1 Å². The summed E-state index contributed by atoms with van der Waals surface area (Å²) < 4.78 is 27.5. The summed E-state index contributed by atoms with van der Waals surface area (Å²) in [6, 6.07) is 9.42. The lowest BCUT2D eigenvalue weighted by atomic mass is 10.2. The molecule has 0 spiro atoms. The summed E-state index contributed by atoms with van der Waals surface area (Å²) in [7, 11) is -3.64. The number of halogens is 1. The normalized spacial score (nSPS) is 11.5. The minimum absolute atomic E-state index is 0.0436. The van der Waals surface area contributed by atoms with Crippen molar-refractivity contribution in [2.75, 3.05) is 18.4 Å². The van der Waals surface area contributed by atoms with E-state index in [-0.39, 0.29) is 21.2 Å². The maximum absolute atomic E-state index is 13.0. The van der Waals surface area contributed by atoms with Crippen LogP contribution in [0.15, 0.2) is 47.4 Å². The summed E-state index contributed by atoms with van der Waals surface area (Å²) in [5, 5.41) is 13.6. The van der Waals surface area contributed by atoms with Gasteiger partial charge in [0.25, 0.3) is 11.6 Å². The van der Waals surface area contributed by atoms with E-state index >= 15 is 0 Å². The van der Waals surface area contributed by atoms with Gasteiger partial charge >= 0.3 is 0 Å². The van der Waals surface area contributed by atoms with Gasteiger partial charge in [-0.05, 0) is 43.2 Å². The molecule has 1 amide bonds. The van der Waals surface area contributed by atoms with E-state index in [0.717, 1.165) is 31.7 Å². The second kappa shape index (κ2) is 11.2. The number of unbranched alkanes of at least 4 members (excludes halogenated alkanes) is 2. The molecule has 0 saturated carbocycles. The van der Waals surface area contributed by atoms with Crippen molar-refractivity contribution in [3.63, 3.8) is 0 Å². The van der Waals surface area contributed by atoms with Crippen LogP contribution in [-0.4, -0.2) is 36.6 Å². The van der Waals surface area contributed by atoms with Gasteiger partial charge in [-0.25, -0.2) is 8.42 Å². The van der Waals surface area contributed by atoms with E-state index in [9.17, 15) is 23.3 Å². The van der Waals surface area contributed by atoms with Gasteiger partial charge in [-0.15, -0.1) is 0 Å². The number of non-ortho nitro benzene ring substituents is 1. The lowest BCUT2D eigenvalue weighted by molar-refractivity contribution is -0.384. The second-order valence-corrected chi connectivity index (χ2v) is 9.36. The van der Waals surface area contributed by atoms with E-state index < -0.39 is 20.9 Å². The monoisotopic (exact) mass is 467 g/mol. The first kappa shape index (κ1) is 24.8. The van der Waals surface area contributed by atoms with Crippen molar-refractivity contribution in [3.8, 4) is 0 Å². The van der Waals surface area contributed by atoms with Crippen molar-refractivity contribution in [3.05, 3.63) is 63.2 Å². The zero-order chi connectivity index (χ0) is 23.0. The molecule has 0 atom stereocenters. The predicted octanol–water partition coefficient (Wildman–Crippen LogP) is 5.09. The van der Waals surface area contributed by atoms with Gasteiger partial charge in [-0.2, -0.15) is 4.31 Å². The first-order valence-electron chi connectivity index (χ1n) is 10.1.